The molecule has 0 aliphatic heterocycles. The number of rotatable bonds is 4. The number of carboxylic acids is 1. The van der Waals surface area contributed by atoms with E-state index in [-0.39, 0.29) is 17.8 Å². The molecular weight excluding hydrogens is 336 g/mol. The molecule has 152 valence electrons. The normalized spacial score (nSPS) is 47.7. The van der Waals surface area contributed by atoms with Crippen LogP contribution >= 0.6 is 0 Å². The number of fused-ring (bicyclic) bond motifs is 5. The van der Waals surface area contributed by atoms with Gasteiger partial charge < -0.3 is 9.90 Å². The highest BCUT2D eigenvalue weighted by Gasteiger charge is 2.62. The van der Waals surface area contributed by atoms with Crippen molar-refractivity contribution in [2.45, 2.75) is 91.4 Å². The summed E-state index contributed by atoms with van der Waals surface area (Å²) in [5.74, 6) is 2.65. The highest BCUT2D eigenvalue weighted by molar-refractivity contribution is 5.83. The van der Waals surface area contributed by atoms with Crippen LogP contribution in [-0.2, 0) is 9.59 Å². The maximum atomic E-state index is 13.3. The largest absolute Gasteiger partial charge is 0.550 e. The van der Waals surface area contributed by atoms with Crippen LogP contribution in [0.5, 0.6) is 0 Å². The summed E-state index contributed by atoms with van der Waals surface area (Å²) in [5, 5.41) is 10.9. The summed E-state index contributed by atoms with van der Waals surface area (Å²) < 4.78 is 0. The summed E-state index contributed by atoms with van der Waals surface area (Å²) in [5.41, 5.74) is 0.608. The van der Waals surface area contributed by atoms with Crippen LogP contribution in [0.15, 0.2) is 0 Å². The number of carboxylic acid groups (broad SMARTS) is 1. The second-order valence-corrected chi connectivity index (χ2v) is 11.0. The van der Waals surface area contributed by atoms with Crippen molar-refractivity contribution in [3.8, 4) is 0 Å². The quantitative estimate of drug-likeness (QED) is 0.735. The Morgan fingerprint density at radius 1 is 1.07 bits per heavy atom. The lowest BCUT2D eigenvalue weighted by molar-refractivity contribution is -0.306. The van der Waals surface area contributed by atoms with Gasteiger partial charge in [-0.1, -0.05) is 33.6 Å². The van der Waals surface area contributed by atoms with E-state index in [1.165, 1.54) is 51.4 Å². The maximum absolute atomic E-state index is 13.3. The van der Waals surface area contributed by atoms with Gasteiger partial charge in [-0.15, -0.1) is 0 Å². The average Bonchev–Trinajstić information content (AvgIpc) is 2.97. The van der Waals surface area contributed by atoms with Gasteiger partial charge in [-0.3, -0.25) is 4.79 Å². The summed E-state index contributed by atoms with van der Waals surface area (Å²) >= 11 is 0. The highest BCUT2D eigenvalue weighted by Crippen LogP contribution is 2.67. The van der Waals surface area contributed by atoms with Crippen molar-refractivity contribution < 1.29 is 14.7 Å². The van der Waals surface area contributed by atoms with E-state index in [1.807, 2.05) is 0 Å². The minimum absolute atomic E-state index is 0.170. The van der Waals surface area contributed by atoms with E-state index in [0.717, 1.165) is 12.8 Å². The number of ketones is 1. The smallest absolute Gasteiger partial charge is 0.136 e. The zero-order valence-electron chi connectivity index (χ0n) is 17.5. The summed E-state index contributed by atoms with van der Waals surface area (Å²) in [7, 11) is 0. The Morgan fingerprint density at radius 3 is 2.56 bits per heavy atom. The van der Waals surface area contributed by atoms with Gasteiger partial charge >= 0.3 is 0 Å². The third-order valence-electron chi connectivity index (χ3n) is 9.95. The third kappa shape index (κ3) is 2.99. The van der Waals surface area contributed by atoms with Gasteiger partial charge in [0.1, 0.15) is 5.78 Å². The number of hydrogen-bond acceptors (Lipinski definition) is 3. The Hall–Kier alpha value is -0.860. The van der Waals surface area contributed by atoms with Crippen LogP contribution in [0.3, 0.4) is 0 Å². The van der Waals surface area contributed by atoms with Gasteiger partial charge in [0.15, 0.2) is 0 Å². The van der Waals surface area contributed by atoms with Gasteiger partial charge in [0.2, 0.25) is 0 Å². The van der Waals surface area contributed by atoms with Crippen LogP contribution in [0.1, 0.15) is 91.4 Å². The first-order chi connectivity index (χ1) is 12.8. The molecule has 0 heterocycles. The van der Waals surface area contributed by atoms with E-state index in [0.29, 0.717) is 40.8 Å². The number of hydrogen-bond donors (Lipinski definition) is 0. The van der Waals surface area contributed by atoms with Crippen LogP contribution in [0, 0.1) is 46.3 Å². The first-order valence-corrected chi connectivity index (χ1v) is 11.5. The van der Waals surface area contributed by atoms with E-state index in [4.69, 9.17) is 0 Å². The van der Waals surface area contributed by atoms with Crippen molar-refractivity contribution in [2.24, 2.45) is 46.3 Å². The molecule has 4 saturated carbocycles. The molecule has 0 aromatic heterocycles. The zero-order valence-corrected chi connectivity index (χ0v) is 17.5. The molecule has 8 atom stereocenters. The lowest BCUT2D eigenvalue weighted by Gasteiger charge is -2.60. The van der Waals surface area contributed by atoms with Crippen LogP contribution < -0.4 is 5.11 Å². The fourth-order valence-electron chi connectivity index (χ4n) is 8.48. The Labute approximate surface area is 164 Å². The summed E-state index contributed by atoms with van der Waals surface area (Å²) in [6, 6.07) is 0. The van der Waals surface area contributed by atoms with E-state index in [9.17, 15) is 14.7 Å². The van der Waals surface area contributed by atoms with Crippen molar-refractivity contribution >= 4 is 11.8 Å². The molecule has 0 spiro atoms. The van der Waals surface area contributed by atoms with Crippen molar-refractivity contribution in [3.63, 3.8) is 0 Å². The van der Waals surface area contributed by atoms with E-state index in [2.05, 4.69) is 20.8 Å². The molecule has 4 fully saturated rings. The second-order valence-electron chi connectivity index (χ2n) is 11.0. The van der Waals surface area contributed by atoms with Crippen molar-refractivity contribution in [1.29, 1.82) is 0 Å². The Kier molecular flexibility index (Phi) is 4.96. The molecule has 0 saturated heterocycles. The van der Waals surface area contributed by atoms with Gasteiger partial charge in [0, 0.05) is 18.3 Å². The first kappa shape index (κ1) is 19.5. The van der Waals surface area contributed by atoms with Crippen LogP contribution in [-0.4, -0.2) is 11.8 Å². The second kappa shape index (κ2) is 6.88. The first-order valence-electron chi connectivity index (χ1n) is 11.5. The average molecular weight is 374 g/mol. The van der Waals surface area contributed by atoms with Crippen molar-refractivity contribution in [2.75, 3.05) is 0 Å². The van der Waals surface area contributed by atoms with Crippen molar-refractivity contribution in [1.82, 2.24) is 0 Å². The lowest BCUT2D eigenvalue weighted by atomic mass is 9.44. The van der Waals surface area contributed by atoms with Crippen LogP contribution in [0.25, 0.3) is 0 Å². The summed E-state index contributed by atoms with van der Waals surface area (Å²) in [6.45, 7) is 7.18. The summed E-state index contributed by atoms with van der Waals surface area (Å²) in [6.07, 6.45) is 11.7. The predicted molar refractivity (Wildman–Crippen MR) is 104 cm³/mol. The van der Waals surface area contributed by atoms with Gasteiger partial charge in [-0.2, -0.15) is 0 Å². The Bertz CT molecular complexity index is 613. The SMILES string of the molecule is C[C@@H](CCC(=O)[O-])[C@H]1CC[C@H]2[C@H]3C(=O)C[C@@H]4CCCC[C@]4(C)[C@H]3CC[C@]12C. The number of Topliss-reactive ketones (excluding diaryl/α,β-unsaturated/α-hetero) is 1. The Balaban J connectivity index is 1.57. The van der Waals surface area contributed by atoms with E-state index < -0.39 is 5.97 Å². The molecule has 0 unspecified atom stereocenters. The molecule has 0 bridgehead atoms. The molecule has 3 heteroatoms. The maximum Gasteiger partial charge on any atom is 0.136 e. The molecule has 3 nitrogen and oxygen atoms in total. The monoisotopic (exact) mass is 373 g/mol. The van der Waals surface area contributed by atoms with Crippen LogP contribution in [0.2, 0.25) is 0 Å². The topological polar surface area (TPSA) is 57.2 Å². The fourth-order valence-corrected chi connectivity index (χ4v) is 8.48. The molecule has 0 radical (unpaired) electrons. The molecule has 0 aromatic rings. The minimum Gasteiger partial charge on any atom is -0.550 e. The van der Waals surface area contributed by atoms with Gasteiger partial charge in [0.25, 0.3) is 0 Å². The molecule has 0 N–H and O–H groups in total. The predicted octanol–water partition coefficient (Wildman–Crippen LogP) is 4.38. The van der Waals surface area contributed by atoms with E-state index >= 15 is 0 Å². The fraction of sp³-hybridized carbons (Fsp3) is 0.917. The number of aliphatic carboxylic acids is 1. The molecule has 4 rings (SSSR count). The standard InChI is InChI=1S/C24H38O3/c1-15(7-10-21(26)27)17-8-9-18-22-19(11-13-24(17,18)3)23(2)12-5-4-6-16(23)14-20(22)25/h15-19,22H,4-14H2,1-3H3,(H,26,27)/p-1/t15-,16-,17+,18-,19-,22+,23-,24+/m0/s1. The van der Waals surface area contributed by atoms with Crippen LogP contribution in [0.4, 0.5) is 0 Å². The Morgan fingerprint density at radius 2 is 1.81 bits per heavy atom. The molecule has 4 aliphatic carbocycles. The lowest BCUT2D eigenvalue weighted by Crippen LogP contribution is -2.56. The molecule has 4 aliphatic rings. The number of carbonyl (C=O) groups excluding carboxylic acids is 2. The highest BCUT2D eigenvalue weighted by atomic mass is 16.4. The van der Waals surface area contributed by atoms with E-state index in [1.54, 1.807) is 0 Å². The molecule has 0 amide bonds. The minimum atomic E-state index is -0.927. The van der Waals surface area contributed by atoms with Crippen molar-refractivity contribution in [3.05, 3.63) is 0 Å². The van der Waals surface area contributed by atoms with Gasteiger partial charge in [0.05, 0.1) is 0 Å². The molecular formula is C24H37O3-. The number of carbonyl (C=O) groups is 2. The molecule has 0 aromatic carbocycles. The summed E-state index contributed by atoms with van der Waals surface area (Å²) in [4.78, 5) is 24.2. The van der Waals surface area contributed by atoms with Gasteiger partial charge in [-0.25, -0.2) is 0 Å². The third-order valence-corrected chi connectivity index (χ3v) is 9.95. The zero-order chi connectivity index (χ0) is 19.4. The molecule has 27 heavy (non-hydrogen) atoms. The van der Waals surface area contributed by atoms with Gasteiger partial charge in [-0.05, 0) is 91.8 Å².